The summed E-state index contributed by atoms with van der Waals surface area (Å²) in [6.45, 7) is 11.4. The van der Waals surface area contributed by atoms with Crippen molar-refractivity contribution in [2.75, 3.05) is 24.6 Å². The fourth-order valence-corrected chi connectivity index (χ4v) is 2.27. The molecule has 0 spiro atoms. The zero-order valence-corrected chi connectivity index (χ0v) is 10.2. The van der Waals surface area contributed by atoms with Crippen LogP contribution in [0.1, 0.15) is 19.8 Å². The van der Waals surface area contributed by atoms with Crippen LogP contribution in [0.4, 0.5) is 11.4 Å². The maximum absolute atomic E-state index is 9.34. The molecule has 0 radical (unpaired) electrons. The molecule has 90 valence electrons. The first-order chi connectivity index (χ1) is 8.18. The van der Waals surface area contributed by atoms with Crippen LogP contribution in [0.15, 0.2) is 24.3 Å². The van der Waals surface area contributed by atoms with Crippen LogP contribution >= 0.6 is 0 Å². The summed E-state index contributed by atoms with van der Waals surface area (Å²) >= 11 is 0. The highest BCUT2D eigenvalue weighted by atomic mass is 16.3. The third-order valence-electron chi connectivity index (χ3n) is 3.70. The number of aliphatic hydroxyl groups is 1. The molecule has 1 fully saturated rings. The predicted octanol–water partition coefficient (Wildman–Crippen LogP) is 2.84. The highest BCUT2D eigenvalue weighted by Crippen LogP contribution is 2.35. The van der Waals surface area contributed by atoms with E-state index in [1.165, 1.54) is 0 Å². The number of rotatable bonds is 2. The van der Waals surface area contributed by atoms with Crippen molar-refractivity contribution in [2.24, 2.45) is 5.41 Å². The van der Waals surface area contributed by atoms with Gasteiger partial charge in [-0.05, 0) is 24.3 Å². The molecule has 1 heterocycles. The molecule has 3 heteroatoms. The number of nitrogens with zero attached hydrogens (tertiary/aromatic N) is 2. The van der Waals surface area contributed by atoms with E-state index in [0.29, 0.717) is 0 Å². The van der Waals surface area contributed by atoms with Crippen LogP contribution in [0.5, 0.6) is 0 Å². The van der Waals surface area contributed by atoms with E-state index >= 15 is 0 Å². The molecule has 3 nitrogen and oxygen atoms in total. The third-order valence-corrected chi connectivity index (χ3v) is 3.70. The fourth-order valence-electron chi connectivity index (χ4n) is 2.27. The van der Waals surface area contributed by atoms with Gasteiger partial charge in [0.15, 0.2) is 0 Å². The number of para-hydroxylation sites is 2. The third kappa shape index (κ3) is 2.42. The summed E-state index contributed by atoms with van der Waals surface area (Å²) in [5.41, 5.74) is 1.81. The van der Waals surface area contributed by atoms with E-state index in [0.717, 1.165) is 37.3 Å². The van der Waals surface area contributed by atoms with Crippen LogP contribution in [-0.2, 0) is 0 Å². The molecule has 1 aliphatic rings. The van der Waals surface area contributed by atoms with Gasteiger partial charge in [0.25, 0.3) is 0 Å². The molecule has 1 aromatic rings. The van der Waals surface area contributed by atoms with Crippen LogP contribution in [0.3, 0.4) is 0 Å². The largest absolute Gasteiger partial charge is 0.396 e. The zero-order chi connectivity index (χ0) is 12.3. The standard InChI is InChI=1S/C14H18N2O/c1-14(11-17)7-9-16(10-8-14)13-6-4-3-5-12(13)15-2/h3-6,17H,7-11H2,1H3. The molecule has 1 aliphatic heterocycles. The summed E-state index contributed by atoms with van der Waals surface area (Å²) < 4.78 is 0. The SMILES string of the molecule is [C-]#[N+]c1ccccc1N1CCC(C)(CO)CC1. The fraction of sp³-hybridized carbons (Fsp3) is 0.500. The first-order valence-electron chi connectivity index (χ1n) is 6.01. The van der Waals surface area contributed by atoms with Gasteiger partial charge in [-0.1, -0.05) is 25.1 Å². The maximum atomic E-state index is 9.34. The monoisotopic (exact) mass is 230 g/mol. The smallest absolute Gasteiger partial charge is 0.209 e. The highest BCUT2D eigenvalue weighted by Gasteiger charge is 2.29. The minimum Gasteiger partial charge on any atom is -0.396 e. The Kier molecular flexibility index (Phi) is 3.35. The molecule has 2 rings (SSSR count). The molecule has 0 bridgehead atoms. The van der Waals surface area contributed by atoms with Crippen molar-refractivity contribution in [1.29, 1.82) is 0 Å². The minimum absolute atomic E-state index is 0.0591. The van der Waals surface area contributed by atoms with Crippen LogP contribution in [0, 0.1) is 12.0 Å². The van der Waals surface area contributed by atoms with Crippen LogP contribution in [0.25, 0.3) is 4.85 Å². The van der Waals surface area contributed by atoms with Gasteiger partial charge in [0.2, 0.25) is 5.69 Å². The number of hydrogen-bond donors (Lipinski definition) is 1. The second-order valence-corrected chi connectivity index (χ2v) is 5.06. The Labute approximate surface area is 103 Å². The summed E-state index contributed by atoms with van der Waals surface area (Å²) in [4.78, 5) is 5.82. The molecular formula is C14H18N2O. The van der Waals surface area contributed by atoms with Crippen LogP contribution < -0.4 is 4.90 Å². The summed E-state index contributed by atoms with van der Waals surface area (Å²) in [5.74, 6) is 0. The molecule has 0 unspecified atom stereocenters. The lowest BCUT2D eigenvalue weighted by Crippen LogP contribution is -2.40. The topological polar surface area (TPSA) is 27.8 Å². The quantitative estimate of drug-likeness (QED) is 0.791. The molecule has 1 N–H and O–H groups in total. The van der Waals surface area contributed by atoms with Crippen molar-refractivity contribution in [2.45, 2.75) is 19.8 Å². The maximum Gasteiger partial charge on any atom is 0.209 e. The van der Waals surface area contributed by atoms with Crippen LogP contribution in [0.2, 0.25) is 0 Å². The Bertz CT molecular complexity index is 428. The lowest BCUT2D eigenvalue weighted by molar-refractivity contribution is 0.115. The summed E-state index contributed by atoms with van der Waals surface area (Å²) in [6.07, 6.45) is 1.96. The molecule has 0 aliphatic carbocycles. The van der Waals surface area contributed by atoms with Crippen molar-refractivity contribution in [3.8, 4) is 0 Å². The lowest BCUT2D eigenvalue weighted by Gasteiger charge is -2.39. The zero-order valence-electron chi connectivity index (χ0n) is 10.2. The van der Waals surface area contributed by atoms with Gasteiger partial charge in [0.1, 0.15) is 0 Å². The lowest BCUT2D eigenvalue weighted by atomic mass is 9.81. The normalized spacial score (nSPS) is 18.8. The minimum atomic E-state index is 0.0591. The average molecular weight is 230 g/mol. The van der Waals surface area contributed by atoms with Crippen molar-refractivity contribution in [3.63, 3.8) is 0 Å². The van der Waals surface area contributed by atoms with Gasteiger partial charge >= 0.3 is 0 Å². The molecule has 0 amide bonds. The van der Waals surface area contributed by atoms with Crippen molar-refractivity contribution in [1.82, 2.24) is 0 Å². The van der Waals surface area contributed by atoms with E-state index < -0.39 is 0 Å². The second-order valence-electron chi connectivity index (χ2n) is 5.06. The number of piperidine rings is 1. The number of benzene rings is 1. The second kappa shape index (κ2) is 4.77. The van der Waals surface area contributed by atoms with E-state index in [1.807, 2.05) is 24.3 Å². The van der Waals surface area contributed by atoms with Crippen LogP contribution in [-0.4, -0.2) is 24.8 Å². The first kappa shape index (κ1) is 11.9. The van der Waals surface area contributed by atoms with E-state index in [-0.39, 0.29) is 12.0 Å². The Hall–Kier alpha value is -1.53. The Morgan fingerprint density at radius 1 is 1.35 bits per heavy atom. The van der Waals surface area contributed by atoms with Gasteiger partial charge in [-0.15, -0.1) is 0 Å². The van der Waals surface area contributed by atoms with E-state index in [4.69, 9.17) is 6.57 Å². The highest BCUT2D eigenvalue weighted by molar-refractivity contribution is 5.70. The van der Waals surface area contributed by atoms with Crippen molar-refractivity contribution < 1.29 is 5.11 Å². The predicted molar refractivity (Wildman–Crippen MR) is 69.3 cm³/mol. The van der Waals surface area contributed by atoms with Gasteiger partial charge in [0, 0.05) is 25.4 Å². The van der Waals surface area contributed by atoms with Gasteiger partial charge in [-0.3, -0.25) is 0 Å². The van der Waals surface area contributed by atoms with Gasteiger partial charge in [-0.2, -0.15) is 0 Å². The van der Waals surface area contributed by atoms with E-state index in [9.17, 15) is 5.11 Å². The summed E-state index contributed by atoms with van der Waals surface area (Å²) in [7, 11) is 0. The first-order valence-corrected chi connectivity index (χ1v) is 6.01. The van der Waals surface area contributed by atoms with Gasteiger partial charge in [0.05, 0.1) is 6.57 Å². The van der Waals surface area contributed by atoms with E-state index in [2.05, 4.69) is 16.7 Å². The van der Waals surface area contributed by atoms with Gasteiger partial charge in [-0.25, -0.2) is 4.85 Å². The Morgan fingerprint density at radius 3 is 2.59 bits per heavy atom. The van der Waals surface area contributed by atoms with Crippen molar-refractivity contribution in [3.05, 3.63) is 35.7 Å². The molecule has 0 aromatic heterocycles. The number of anilines is 1. The Morgan fingerprint density at radius 2 is 2.00 bits per heavy atom. The number of aliphatic hydroxyl groups excluding tert-OH is 1. The molecule has 17 heavy (non-hydrogen) atoms. The van der Waals surface area contributed by atoms with Crippen molar-refractivity contribution >= 4 is 11.4 Å². The summed E-state index contributed by atoms with van der Waals surface area (Å²) in [5, 5.41) is 9.34. The Balaban J connectivity index is 2.14. The molecule has 0 atom stereocenters. The molecule has 1 saturated heterocycles. The molecular weight excluding hydrogens is 212 g/mol. The summed E-state index contributed by atoms with van der Waals surface area (Å²) in [6, 6.07) is 7.75. The van der Waals surface area contributed by atoms with Gasteiger partial charge < -0.3 is 10.0 Å². The number of hydrogen-bond acceptors (Lipinski definition) is 2. The molecule has 0 saturated carbocycles. The molecule has 1 aromatic carbocycles. The van der Waals surface area contributed by atoms with E-state index in [1.54, 1.807) is 0 Å². The average Bonchev–Trinajstić information content (AvgIpc) is 2.40.